The fourth-order valence-electron chi connectivity index (χ4n) is 5.90. The van der Waals surface area contributed by atoms with Gasteiger partial charge >= 0.3 is 0 Å². The SMILES string of the molecule is CC(C)(C)c1ccc(C(=O)N2CC3C(CNC(=O)c4[c]ccc(N5CCOc6ccccc6C5)n4)C3C2)cc1. The predicted molar refractivity (Wildman–Crippen MR) is 150 cm³/mol. The van der Waals surface area contributed by atoms with Crippen molar-refractivity contribution in [1.82, 2.24) is 15.2 Å². The third-order valence-electron chi connectivity index (χ3n) is 8.33. The molecule has 2 aromatic carbocycles. The van der Waals surface area contributed by atoms with Crippen molar-refractivity contribution in [2.45, 2.75) is 32.7 Å². The minimum absolute atomic E-state index is 0.0667. The van der Waals surface area contributed by atoms with Gasteiger partial charge in [0.2, 0.25) is 0 Å². The zero-order valence-electron chi connectivity index (χ0n) is 22.8. The molecule has 6 rings (SSSR count). The van der Waals surface area contributed by atoms with Crippen LogP contribution in [0.25, 0.3) is 0 Å². The topological polar surface area (TPSA) is 74.8 Å². The number of fused-ring (bicyclic) bond motifs is 2. The molecule has 39 heavy (non-hydrogen) atoms. The molecule has 3 aromatic rings. The van der Waals surface area contributed by atoms with E-state index in [0.717, 1.165) is 35.8 Å². The van der Waals surface area contributed by atoms with Gasteiger partial charge in [0.1, 0.15) is 23.9 Å². The van der Waals surface area contributed by atoms with Crippen LogP contribution in [0.15, 0.2) is 60.7 Å². The number of ether oxygens (including phenoxy) is 1. The number of likely N-dealkylation sites (tertiary alicyclic amines) is 1. The standard InChI is InChI=1S/C32H35N4O3/c1-32(2,3)23-13-11-21(12-14-23)31(38)36-19-25-24(26(25)20-36)17-33-30(37)27-8-6-10-29(34-27)35-15-16-39-28-9-5-4-7-22(28)18-35/h4-7,9-14,24-26H,15-20H2,1-3H3,(H,33,37). The number of carbonyl (C=O) groups is 2. The zero-order chi connectivity index (χ0) is 27.1. The number of piperidine rings is 1. The zero-order valence-corrected chi connectivity index (χ0v) is 22.8. The number of carbonyl (C=O) groups excluding carboxylic acids is 2. The number of hydrogen-bond donors (Lipinski definition) is 1. The molecule has 2 atom stereocenters. The summed E-state index contributed by atoms with van der Waals surface area (Å²) in [5.74, 6) is 2.83. The normalized spacial score (nSPS) is 21.9. The van der Waals surface area contributed by atoms with Crippen LogP contribution in [0.5, 0.6) is 5.75 Å². The van der Waals surface area contributed by atoms with Gasteiger partial charge < -0.3 is 19.9 Å². The van der Waals surface area contributed by atoms with Gasteiger partial charge in [0.15, 0.2) is 0 Å². The fraction of sp³-hybridized carbons (Fsp3) is 0.406. The van der Waals surface area contributed by atoms with Crippen molar-refractivity contribution in [3.05, 3.63) is 89.1 Å². The molecular formula is C32H35N4O3. The van der Waals surface area contributed by atoms with Crippen LogP contribution in [-0.2, 0) is 12.0 Å². The van der Waals surface area contributed by atoms with E-state index in [2.05, 4.69) is 60.2 Å². The third kappa shape index (κ3) is 5.22. The highest BCUT2D eigenvalue weighted by molar-refractivity contribution is 5.94. The summed E-state index contributed by atoms with van der Waals surface area (Å²) in [6, 6.07) is 22.7. The first kappa shape index (κ1) is 25.4. The van der Waals surface area contributed by atoms with Gasteiger partial charge in [0.25, 0.3) is 11.8 Å². The lowest BCUT2D eigenvalue weighted by Crippen LogP contribution is -2.34. The van der Waals surface area contributed by atoms with Gasteiger partial charge in [-0.3, -0.25) is 9.59 Å². The molecule has 1 radical (unpaired) electrons. The molecule has 3 heterocycles. The molecule has 2 unspecified atom stereocenters. The largest absolute Gasteiger partial charge is 0.491 e. The molecule has 1 N–H and O–H groups in total. The summed E-state index contributed by atoms with van der Waals surface area (Å²) < 4.78 is 5.87. The number of nitrogens with one attached hydrogen (secondary N) is 1. The van der Waals surface area contributed by atoms with Crippen molar-refractivity contribution in [2.24, 2.45) is 17.8 Å². The summed E-state index contributed by atoms with van der Waals surface area (Å²) in [6.07, 6.45) is 0. The van der Waals surface area contributed by atoms with Crippen LogP contribution < -0.4 is 15.0 Å². The lowest BCUT2D eigenvalue weighted by molar-refractivity contribution is 0.0764. The van der Waals surface area contributed by atoms with E-state index >= 15 is 0 Å². The van der Waals surface area contributed by atoms with E-state index in [-0.39, 0.29) is 17.2 Å². The second-order valence-corrected chi connectivity index (χ2v) is 11.9. The molecule has 201 valence electrons. The Morgan fingerprint density at radius 2 is 1.79 bits per heavy atom. The highest BCUT2D eigenvalue weighted by Crippen LogP contribution is 2.51. The summed E-state index contributed by atoms with van der Waals surface area (Å²) in [5.41, 5.74) is 3.44. The van der Waals surface area contributed by atoms with Gasteiger partial charge in [-0.2, -0.15) is 0 Å². The first-order chi connectivity index (χ1) is 18.8. The molecule has 0 spiro atoms. The highest BCUT2D eigenvalue weighted by atomic mass is 16.5. The number of aromatic nitrogens is 1. The van der Waals surface area contributed by atoms with Crippen LogP contribution in [0, 0.1) is 23.8 Å². The maximum atomic E-state index is 13.0. The Bertz CT molecular complexity index is 1370. The summed E-state index contributed by atoms with van der Waals surface area (Å²) in [5, 5.41) is 3.06. The van der Waals surface area contributed by atoms with Crippen LogP contribution >= 0.6 is 0 Å². The Kier molecular flexibility index (Phi) is 6.53. The Morgan fingerprint density at radius 3 is 2.54 bits per heavy atom. The lowest BCUT2D eigenvalue weighted by Gasteiger charge is -2.22. The van der Waals surface area contributed by atoms with Crippen LogP contribution in [0.2, 0.25) is 0 Å². The van der Waals surface area contributed by atoms with Gasteiger partial charge in [-0.25, -0.2) is 4.98 Å². The predicted octanol–water partition coefficient (Wildman–Crippen LogP) is 4.33. The number of rotatable bonds is 5. The van der Waals surface area contributed by atoms with Crippen molar-refractivity contribution in [3.8, 4) is 5.75 Å². The molecule has 3 aliphatic rings. The number of anilines is 1. The van der Waals surface area contributed by atoms with Gasteiger partial charge in [0, 0.05) is 43.4 Å². The van der Waals surface area contributed by atoms with Crippen LogP contribution in [0.3, 0.4) is 0 Å². The lowest BCUT2D eigenvalue weighted by atomic mass is 9.86. The van der Waals surface area contributed by atoms with Crippen LogP contribution in [0.1, 0.15) is 52.7 Å². The molecule has 7 nitrogen and oxygen atoms in total. The second kappa shape index (κ2) is 10.0. The smallest absolute Gasteiger partial charge is 0.270 e. The summed E-state index contributed by atoms with van der Waals surface area (Å²) in [4.78, 5) is 34.7. The Morgan fingerprint density at radius 1 is 1.05 bits per heavy atom. The monoisotopic (exact) mass is 523 g/mol. The van der Waals surface area contributed by atoms with Crippen molar-refractivity contribution in [3.63, 3.8) is 0 Å². The molecule has 1 aliphatic carbocycles. The average Bonchev–Trinajstić information content (AvgIpc) is 3.49. The molecule has 1 saturated carbocycles. The van der Waals surface area contributed by atoms with E-state index in [1.54, 1.807) is 6.07 Å². The summed E-state index contributed by atoms with van der Waals surface area (Å²) >= 11 is 0. The quantitative estimate of drug-likeness (QED) is 0.539. The van der Waals surface area contributed by atoms with Crippen molar-refractivity contribution >= 4 is 17.6 Å². The van der Waals surface area contributed by atoms with Gasteiger partial charge in [-0.1, -0.05) is 51.1 Å². The number of pyridine rings is 1. The van der Waals surface area contributed by atoms with E-state index in [1.165, 1.54) is 5.56 Å². The average molecular weight is 524 g/mol. The molecular weight excluding hydrogens is 488 g/mol. The third-order valence-corrected chi connectivity index (χ3v) is 8.33. The second-order valence-electron chi connectivity index (χ2n) is 11.9. The van der Waals surface area contributed by atoms with E-state index in [9.17, 15) is 9.59 Å². The molecule has 0 bridgehead atoms. The highest BCUT2D eigenvalue weighted by Gasteiger charge is 2.56. The molecule has 2 fully saturated rings. The molecule has 7 heteroatoms. The molecule has 1 saturated heterocycles. The number of para-hydroxylation sites is 1. The van der Waals surface area contributed by atoms with E-state index < -0.39 is 0 Å². The van der Waals surface area contributed by atoms with Gasteiger partial charge in [0.05, 0.1) is 6.54 Å². The van der Waals surface area contributed by atoms with Crippen LogP contribution in [-0.4, -0.2) is 54.5 Å². The first-order valence-corrected chi connectivity index (χ1v) is 13.8. The number of benzene rings is 2. The number of amides is 2. The molecule has 2 amide bonds. The minimum atomic E-state index is -0.208. The molecule has 2 aliphatic heterocycles. The fourth-order valence-corrected chi connectivity index (χ4v) is 5.90. The first-order valence-electron chi connectivity index (χ1n) is 13.8. The summed E-state index contributed by atoms with van der Waals surface area (Å²) in [7, 11) is 0. The van der Waals surface area contributed by atoms with E-state index in [4.69, 9.17) is 4.74 Å². The van der Waals surface area contributed by atoms with Crippen LogP contribution in [0.4, 0.5) is 5.82 Å². The maximum absolute atomic E-state index is 13.0. The Hall–Kier alpha value is -3.87. The minimum Gasteiger partial charge on any atom is -0.491 e. The molecule has 1 aromatic heterocycles. The van der Waals surface area contributed by atoms with Crippen molar-refractivity contribution in [1.29, 1.82) is 0 Å². The Balaban J connectivity index is 1.01. The van der Waals surface area contributed by atoms with Crippen molar-refractivity contribution in [2.75, 3.05) is 37.7 Å². The van der Waals surface area contributed by atoms with Gasteiger partial charge in [-0.15, -0.1) is 0 Å². The maximum Gasteiger partial charge on any atom is 0.270 e. The van der Waals surface area contributed by atoms with E-state index in [1.807, 2.05) is 41.3 Å². The van der Waals surface area contributed by atoms with E-state index in [0.29, 0.717) is 49.7 Å². The Labute approximate surface area is 230 Å². The summed E-state index contributed by atoms with van der Waals surface area (Å²) in [6.45, 7) is 10.5. The number of hydrogen-bond acceptors (Lipinski definition) is 5. The van der Waals surface area contributed by atoms with Gasteiger partial charge in [-0.05, 0) is 59.1 Å². The number of nitrogens with zero attached hydrogens (tertiary/aromatic N) is 3. The van der Waals surface area contributed by atoms with Crippen molar-refractivity contribution < 1.29 is 14.3 Å².